The van der Waals surface area contributed by atoms with Crippen molar-refractivity contribution in [3.8, 4) is 0 Å². The van der Waals surface area contributed by atoms with Gasteiger partial charge in [0.2, 0.25) is 5.95 Å². The van der Waals surface area contributed by atoms with Gasteiger partial charge in [-0.25, -0.2) is 19.9 Å². The number of rotatable bonds is 3. The van der Waals surface area contributed by atoms with Gasteiger partial charge in [-0.3, -0.25) is 0 Å². The zero-order valence-electron chi connectivity index (χ0n) is 9.87. The van der Waals surface area contributed by atoms with Gasteiger partial charge in [0.25, 0.3) is 0 Å². The topological polar surface area (TPSA) is 75.6 Å². The Morgan fingerprint density at radius 2 is 2.17 bits per heavy atom. The molecule has 0 radical (unpaired) electrons. The summed E-state index contributed by atoms with van der Waals surface area (Å²) >= 11 is 0. The first-order valence-corrected chi connectivity index (χ1v) is 5.97. The average Bonchev–Trinajstić information content (AvgIpc) is 2.94. The number of nitrogens with one attached hydrogen (secondary N) is 2. The summed E-state index contributed by atoms with van der Waals surface area (Å²) < 4.78 is 0. The molecule has 3 heterocycles. The first kappa shape index (κ1) is 11.0. The lowest BCUT2D eigenvalue weighted by atomic mass is 10.1. The molecule has 1 saturated heterocycles. The van der Waals surface area contributed by atoms with E-state index in [2.05, 4.69) is 30.6 Å². The Bertz CT molecular complexity index is 509. The highest BCUT2D eigenvalue weighted by molar-refractivity contribution is 5.49. The Morgan fingerprint density at radius 1 is 1.28 bits per heavy atom. The second-order valence-corrected chi connectivity index (χ2v) is 4.25. The molecule has 18 heavy (non-hydrogen) atoms. The minimum atomic E-state index is 0.487. The molecule has 0 saturated carbocycles. The van der Waals surface area contributed by atoms with Crippen LogP contribution in [0.3, 0.4) is 0 Å². The summed E-state index contributed by atoms with van der Waals surface area (Å²) in [6, 6.07) is 1.98. The molecule has 2 N–H and O–H groups in total. The molecule has 3 rings (SSSR count). The van der Waals surface area contributed by atoms with Gasteiger partial charge in [-0.05, 0) is 19.0 Å². The fourth-order valence-electron chi connectivity index (χ4n) is 2.06. The normalized spacial score (nSPS) is 18.8. The van der Waals surface area contributed by atoms with E-state index in [1.54, 1.807) is 18.6 Å². The molecule has 0 aliphatic carbocycles. The Morgan fingerprint density at radius 3 is 2.94 bits per heavy atom. The number of hydrogen-bond donors (Lipinski definition) is 2. The van der Waals surface area contributed by atoms with Gasteiger partial charge in [0.1, 0.15) is 6.33 Å². The van der Waals surface area contributed by atoms with Crippen molar-refractivity contribution in [3.05, 3.63) is 36.7 Å². The van der Waals surface area contributed by atoms with Crippen LogP contribution in [-0.4, -0.2) is 33.0 Å². The predicted molar refractivity (Wildman–Crippen MR) is 67.6 cm³/mol. The van der Waals surface area contributed by atoms with Crippen LogP contribution in [0.25, 0.3) is 0 Å². The van der Waals surface area contributed by atoms with Gasteiger partial charge < -0.3 is 10.6 Å². The summed E-state index contributed by atoms with van der Waals surface area (Å²) in [4.78, 5) is 16.6. The van der Waals surface area contributed by atoms with E-state index in [1.807, 2.05) is 6.07 Å². The lowest BCUT2D eigenvalue weighted by molar-refractivity contribution is 0.732. The Labute approximate surface area is 105 Å². The molecule has 1 aliphatic heterocycles. The van der Waals surface area contributed by atoms with Crippen LogP contribution < -0.4 is 10.6 Å². The molecular formula is C12H14N6. The molecule has 0 spiro atoms. The van der Waals surface area contributed by atoms with Crippen LogP contribution >= 0.6 is 0 Å². The molecule has 1 aliphatic rings. The maximum absolute atomic E-state index is 4.53. The third-order valence-electron chi connectivity index (χ3n) is 2.97. The monoisotopic (exact) mass is 242 g/mol. The van der Waals surface area contributed by atoms with E-state index in [1.165, 1.54) is 6.33 Å². The van der Waals surface area contributed by atoms with Crippen LogP contribution in [0.1, 0.15) is 18.0 Å². The van der Waals surface area contributed by atoms with Crippen molar-refractivity contribution in [3.63, 3.8) is 0 Å². The van der Waals surface area contributed by atoms with E-state index in [9.17, 15) is 0 Å². The highest BCUT2D eigenvalue weighted by Gasteiger charge is 2.18. The third-order valence-corrected chi connectivity index (χ3v) is 2.97. The van der Waals surface area contributed by atoms with Crippen LogP contribution in [0.5, 0.6) is 0 Å². The molecule has 6 heteroatoms. The van der Waals surface area contributed by atoms with Gasteiger partial charge in [-0.15, -0.1) is 0 Å². The summed E-state index contributed by atoms with van der Waals surface area (Å²) in [7, 11) is 0. The van der Waals surface area contributed by atoms with Gasteiger partial charge in [-0.2, -0.15) is 0 Å². The van der Waals surface area contributed by atoms with Crippen molar-refractivity contribution >= 4 is 11.6 Å². The molecular weight excluding hydrogens is 228 g/mol. The Hall–Kier alpha value is -2.08. The zero-order chi connectivity index (χ0) is 12.2. The molecule has 0 amide bonds. The van der Waals surface area contributed by atoms with E-state index < -0.39 is 0 Å². The van der Waals surface area contributed by atoms with E-state index in [4.69, 9.17) is 0 Å². The maximum Gasteiger partial charge on any atom is 0.227 e. The highest BCUT2D eigenvalue weighted by atomic mass is 15.1. The molecule has 6 nitrogen and oxygen atoms in total. The minimum Gasteiger partial charge on any atom is -0.322 e. The van der Waals surface area contributed by atoms with E-state index in [0.717, 1.165) is 30.9 Å². The summed E-state index contributed by atoms with van der Waals surface area (Å²) in [5, 5.41) is 6.44. The van der Waals surface area contributed by atoms with Crippen molar-refractivity contribution in [1.29, 1.82) is 0 Å². The molecule has 1 atom stereocenters. The number of hydrogen-bond acceptors (Lipinski definition) is 6. The smallest absolute Gasteiger partial charge is 0.227 e. The fraction of sp³-hybridized carbons (Fsp3) is 0.333. The summed E-state index contributed by atoms with van der Waals surface area (Å²) in [5.41, 5.74) is 1.87. The van der Waals surface area contributed by atoms with Crippen molar-refractivity contribution in [2.75, 3.05) is 18.4 Å². The number of anilines is 2. The van der Waals surface area contributed by atoms with Crippen molar-refractivity contribution in [2.45, 2.75) is 12.3 Å². The second kappa shape index (κ2) is 5.05. The van der Waals surface area contributed by atoms with Gasteiger partial charge >= 0.3 is 0 Å². The maximum atomic E-state index is 4.53. The quantitative estimate of drug-likeness (QED) is 0.839. The molecule has 0 bridgehead atoms. The Balaban J connectivity index is 1.78. The first-order chi connectivity index (χ1) is 8.92. The van der Waals surface area contributed by atoms with E-state index in [-0.39, 0.29) is 0 Å². The molecule has 0 aromatic carbocycles. The SMILES string of the molecule is c1ncc(Nc2nccc([C@@H]3CCNC3)n2)cn1. The first-order valence-electron chi connectivity index (χ1n) is 5.97. The van der Waals surface area contributed by atoms with E-state index in [0.29, 0.717) is 11.9 Å². The van der Waals surface area contributed by atoms with Crippen molar-refractivity contribution in [1.82, 2.24) is 25.3 Å². The molecule has 2 aromatic rings. The molecule has 2 aromatic heterocycles. The number of nitrogens with zero attached hydrogens (tertiary/aromatic N) is 4. The second-order valence-electron chi connectivity index (χ2n) is 4.25. The van der Waals surface area contributed by atoms with Gasteiger partial charge in [0, 0.05) is 18.7 Å². The molecule has 92 valence electrons. The third kappa shape index (κ3) is 2.43. The Kier molecular flexibility index (Phi) is 3.10. The van der Waals surface area contributed by atoms with Crippen LogP contribution in [0, 0.1) is 0 Å². The standard InChI is InChI=1S/C12H14N6/c1-3-13-5-9(1)11-2-4-16-12(18-11)17-10-6-14-8-15-7-10/h2,4,6-9,13H,1,3,5H2,(H,16,17,18)/t9-/m1/s1. The van der Waals surface area contributed by atoms with Gasteiger partial charge in [0.05, 0.1) is 23.8 Å². The van der Waals surface area contributed by atoms with Crippen molar-refractivity contribution in [2.24, 2.45) is 0 Å². The molecule has 1 fully saturated rings. The zero-order valence-corrected chi connectivity index (χ0v) is 9.87. The number of aromatic nitrogens is 4. The summed E-state index contributed by atoms with van der Waals surface area (Å²) in [5.74, 6) is 1.08. The fourth-order valence-corrected chi connectivity index (χ4v) is 2.06. The summed E-state index contributed by atoms with van der Waals surface area (Å²) in [6.45, 7) is 2.05. The highest BCUT2D eigenvalue weighted by Crippen LogP contribution is 2.21. The van der Waals surface area contributed by atoms with Gasteiger partial charge in [-0.1, -0.05) is 0 Å². The molecule has 0 unspecified atom stereocenters. The predicted octanol–water partition coefficient (Wildman–Crippen LogP) is 1.09. The summed E-state index contributed by atoms with van der Waals surface area (Å²) in [6.07, 6.45) is 7.80. The minimum absolute atomic E-state index is 0.487. The van der Waals surface area contributed by atoms with E-state index >= 15 is 0 Å². The average molecular weight is 242 g/mol. The van der Waals surface area contributed by atoms with Crippen LogP contribution in [0.2, 0.25) is 0 Å². The van der Waals surface area contributed by atoms with Gasteiger partial charge in [0.15, 0.2) is 0 Å². The largest absolute Gasteiger partial charge is 0.322 e. The van der Waals surface area contributed by atoms with Crippen LogP contribution in [0.15, 0.2) is 31.0 Å². The lowest BCUT2D eigenvalue weighted by Crippen LogP contribution is -2.09. The van der Waals surface area contributed by atoms with Crippen LogP contribution in [0.4, 0.5) is 11.6 Å². The lowest BCUT2D eigenvalue weighted by Gasteiger charge is -2.09. The van der Waals surface area contributed by atoms with Crippen molar-refractivity contribution < 1.29 is 0 Å². The van der Waals surface area contributed by atoms with Crippen LogP contribution in [-0.2, 0) is 0 Å².